The Morgan fingerprint density at radius 3 is 2.68 bits per heavy atom. The Kier molecular flexibility index (Phi) is 11.2. The summed E-state index contributed by atoms with van der Waals surface area (Å²) in [6, 6.07) is 7.37. The summed E-state index contributed by atoms with van der Waals surface area (Å²) >= 11 is 0. The van der Waals surface area contributed by atoms with Crippen LogP contribution in [0, 0.1) is 0 Å². The second-order valence-electron chi connectivity index (χ2n) is 6.95. The smallest absolute Gasteiger partial charge is 0.335 e. The summed E-state index contributed by atoms with van der Waals surface area (Å²) in [5.74, 6) is 1.35. The van der Waals surface area contributed by atoms with E-state index in [0.29, 0.717) is 24.7 Å². The molecule has 1 fully saturated rings. The highest BCUT2D eigenvalue weighted by Gasteiger charge is 2.13. The number of rotatable bonds is 12. The first-order valence-corrected chi connectivity index (χ1v) is 10.5. The highest BCUT2D eigenvalue weighted by Crippen LogP contribution is 2.14. The third kappa shape index (κ3) is 10.2. The minimum atomic E-state index is -0.457. The molecule has 0 N–H and O–H groups in total. The predicted molar refractivity (Wildman–Crippen MR) is 120 cm³/mol. The highest BCUT2D eigenvalue weighted by atomic mass is 16.7. The van der Waals surface area contributed by atoms with Crippen LogP contribution in [0.4, 0.5) is 0 Å². The maximum absolute atomic E-state index is 12.0. The summed E-state index contributed by atoms with van der Waals surface area (Å²) < 4.78 is 27.2. The Morgan fingerprint density at radius 2 is 2.00 bits per heavy atom. The third-order valence-corrected chi connectivity index (χ3v) is 4.47. The van der Waals surface area contributed by atoms with E-state index in [1.165, 1.54) is 6.08 Å². The fraction of sp³-hybridized carbons (Fsp3) is 0.400. The lowest BCUT2D eigenvalue weighted by molar-refractivity contribution is -0.163. The number of carbonyl (C=O) groups is 1. The fourth-order valence-electron chi connectivity index (χ4n) is 2.79. The zero-order valence-electron chi connectivity index (χ0n) is 18.4. The van der Waals surface area contributed by atoms with Crippen molar-refractivity contribution in [2.24, 2.45) is 0 Å². The van der Waals surface area contributed by atoms with Gasteiger partial charge in [-0.05, 0) is 68.2 Å². The molecule has 0 bridgehead atoms. The van der Waals surface area contributed by atoms with Crippen molar-refractivity contribution >= 4 is 12.0 Å². The van der Waals surface area contributed by atoms with Gasteiger partial charge < -0.3 is 23.7 Å². The van der Waals surface area contributed by atoms with Gasteiger partial charge in [-0.3, -0.25) is 0 Å². The maximum atomic E-state index is 12.0. The molecule has 1 aromatic carbocycles. The van der Waals surface area contributed by atoms with Crippen LogP contribution < -0.4 is 4.74 Å². The summed E-state index contributed by atoms with van der Waals surface area (Å²) in [4.78, 5) is 12.0. The van der Waals surface area contributed by atoms with Crippen LogP contribution in [0.15, 0.2) is 66.7 Å². The van der Waals surface area contributed by atoms with Crippen molar-refractivity contribution in [3.8, 4) is 5.75 Å². The maximum Gasteiger partial charge on any atom is 0.335 e. The lowest BCUT2D eigenvalue weighted by Crippen LogP contribution is -2.22. The molecule has 0 aromatic heterocycles. The molecule has 6 nitrogen and oxygen atoms in total. The zero-order valence-corrected chi connectivity index (χ0v) is 18.4. The van der Waals surface area contributed by atoms with Gasteiger partial charge in [-0.25, -0.2) is 4.79 Å². The van der Waals surface area contributed by atoms with Crippen LogP contribution in [0.5, 0.6) is 5.75 Å². The van der Waals surface area contributed by atoms with Crippen molar-refractivity contribution in [2.75, 3.05) is 26.9 Å². The Morgan fingerprint density at radius 1 is 1.19 bits per heavy atom. The minimum absolute atomic E-state index is 0.0813. The lowest BCUT2D eigenvalue weighted by Gasteiger charge is -2.22. The number of ether oxygens (including phenoxy) is 5. The van der Waals surface area contributed by atoms with Crippen LogP contribution in [0.3, 0.4) is 0 Å². The standard InChI is InChI=1S/C25H32O6/c1-4-22(28-18-7-19-30-25-8-5-6-17-29-25)13-9-20(2)31-24(26)16-12-21-10-14-23(27-3)15-11-21/h4,9-16,25H,1,5-8,17-19H2,2-3H3/b16-12+,20-9+,22-13+. The van der Waals surface area contributed by atoms with E-state index in [9.17, 15) is 4.79 Å². The van der Waals surface area contributed by atoms with Gasteiger partial charge in [0.05, 0.1) is 20.3 Å². The van der Waals surface area contributed by atoms with Crippen molar-refractivity contribution in [3.05, 3.63) is 72.2 Å². The molecule has 1 aromatic rings. The Bertz CT molecular complexity index is 770. The molecule has 2 rings (SSSR count). The van der Waals surface area contributed by atoms with Gasteiger partial charge in [0.25, 0.3) is 0 Å². The zero-order chi connectivity index (χ0) is 22.3. The van der Waals surface area contributed by atoms with Crippen LogP contribution in [0.1, 0.15) is 38.2 Å². The van der Waals surface area contributed by atoms with Gasteiger partial charge in [0.15, 0.2) is 6.29 Å². The van der Waals surface area contributed by atoms with E-state index in [-0.39, 0.29) is 6.29 Å². The topological polar surface area (TPSA) is 63.2 Å². The predicted octanol–water partition coefficient (Wildman–Crippen LogP) is 5.18. The molecular weight excluding hydrogens is 396 g/mol. The number of benzene rings is 1. The average molecular weight is 429 g/mol. The molecular formula is C25H32O6. The van der Waals surface area contributed by atoms with Crippen molar-refractivity contribution in [3.63, 3.8) is 0 Å². The van der Waals surface area contributed by atoms with Crippen molar-refractivity contribution in [1.82, 2.24) is 0 Å². The van der Waals surface area contributed by atoms with Gasteiger partial charge in [0.1, 0.15) is 17.3 Å². The molecule has 1 heterocycles. The Labute approximate surface area is 184 Å². The van der Waals surface area contributed by atoms with E-state index in [4.69, 9.17) is 23.7 Å². The van der Waals surface area contributed by atoms with Gasteiger partial charge in [-0.2, -0.15) is 0 Å². The number of esters is 1. The highest BCUT2D eigenvalue weighted by molar-refractivity contribution is 5.87. The van der Waals surface area contributed by atoms with E-state index < -0.39 is 5.97 Å². The average Bonchev–Trinajstić information content (AvgIpc) is 2.80. The van der Waals surface area contributed by atoms with Crippen LogP contribution in [-0.2, 0) is 23.7 Å². The molecule has 0 radical (unpaired) electrons. The number of methoxy groups -OCH3 is 1. The Balaban J connectivity index is 1.70. The summed E-state index contributed by atoms with van der Waals surface area (Å²) in [6.45, 7) is 7.31. The second-order valence-corrected chi connectivity index (χ2v) is 6.95. The van der Waals surface area contributed by atoms with E-state index in [0.717, 1.165) is 43.6 Å². The normalized spacial score (nSPS) is 17.4. The third-order valence-electron chi connectivity index (χ3n) is 4.47. The molecule has 1 unspecified atom stereocenters. The van der Waals surface area contributed by atoms with Crippen molar-refractivity contribution in [2.45, 2.75) is 38.9 Å². The summed E-state index contributed by atoms with van der Waals surface area (Å²) in [5, 5.41) is 0. The monoisotopic (exact) mass is 428 g/mol. The summed E-state index contributed by atoms with van der Waals surface area (Å²) in [5.41, 5.74) is 0.876. The molecule has 1 saturated heterocycles. The molecule has 31 heavy (non-hydrogen) atoms. The minimum Gasteiger partial charge on any atom is -0.497 e. The second kappa shape index (κ2) is 14.2. The Hall–Kier alpha value is -2.83. The van der Waals surface area contributed by atoms with Crippen LogP contribution >= 0.6 is 0 Å². The number of carbonyl (C=O) groups excluding carboxylic acids is 1. The molecule has 1 atom stereocenters. The van der Waals surface area contributed by atoms with Gasteiger partial charge in [0.2, 0.25) is 0 Å². The summed E-state index contributed by atoms with van der Waals surface area (Å²) in [7, 11) is 1.61. The number of hydrogen-bond acceptors (Lipinski definition) is 6. The first-order chi connectivity index (χ1) is 15.1. The van der Waals surface area contributed by atoms with Crippen LogP contribution in [0.25, 0.3) is 6.08 Å². The van der Waals surface area contributed by atoms with Gasteiger partial charge in [0, 0.05) is 19.1 Å². The van der Waals surface area contributed by atoms with E-state index in [1.807, 2.05) is 24.3 Å². The van der Waals surface area contributed by atoms with Gasteiger partial charge in [-0.1, -0.05) is 18.7 Å². The van der Waals surface area contributed by atoms with E-state index in [2.05, 4.69) is 6.58 Å². The molecule has 1 aliphatic heterocycles. The molecule has 0 spiro atoms. The van der Waals surface area contributed by atoms with Gasteiger partial charge in [-0.15, -0.1) is 0 Å². The van der Waals surface area contributed by atoms with E-state index >= 15 is 0 Å². The van der Waals surface area contributed by atoms with Crippen molar-refractivity contribution in [1.29, 1.82) is 0 Å². The first kappa shape index (κ1) is 24.4. The summed E-state index contributed by atoms with van der Waals surface area (Å²) in [6.07, 6.45) is 11.9. The quantitative estimate of drug-likeness (QED) is 0.150. The van der Waals surface area contributed by atoms with Crippen LogP contribution in [-0.4, -0.2) is 39.2 Å². The number of hydrogen-bond donors (Lipinski definition) is 0. The number of allylic oxidation sites excluding steroid dienone is 4. The molecule has 1 aliphatic rings. The largest absolute Gasteiger partial charge is 0.497 e. The van der Waals surface area contributed by atoms with Gasteiger partial charge >= 0.3 is 5.97 Å². The van der Waals surface area contributed by atoms with Crippen molar-refractivity contribution < 1.29 is 28.5 Å². The SMILES string of the molecule is C=C/C(=C\C=C(/C)OC(=O)/C=C/c1ccc(OC)cc1)OCCCOC1CCCCO1. The lowest BCUT2D eigenvalue weighted by atomic mass is 10.2. The van der Waals surface area contributed by atoms with E-state index in [1.54, 1.807) is 38.3 Å². The fourth-order valence-corrected chi connectivity index (χ4v) is 2.79. The molecule has 6 heteroatoms. The molecule has 0 amide bonds. The first-order valence-electron chi connectivity index (χ1n) is 10.5. The molecule has 0 aliphatic carbocycles. The molecule has 168 valence electrons. The van der Waals surface area contributed by atoms with Crippen LogP contribution in [0.2, 0.25) is 0 Å². The molecule has 0 saturated carbocycles.